The van der Waals surface area contributed by atoms with E-state index in [1.54, 1.807) is 6.07 Å². The van der Waals surface area contributed by atoms with Crippen molar-refractivity contribution in [1.82, 2.24) is 5.32 Å². The predicted molar refractivity (Wildman–Crippen MR) is 76.1 cm³/mol. The first-order chi connectivity index (χ1) is 8.43. The Balaban J connectivity index is 2.77. The number of rotatable bonds is 5. The molecule has 0 saturated carbocycles. The molecule has 1 rings (SSSR count). The van der Waals surface area contributed by atoms with Crippen molar-refractivity contribution >= 4 is 34.7 Å². The summed E-state index contributed by atoms with van der Waals surface area (Å²) in [5.74, 6) is -0.516. The number of phenolic OH excluding ortho intramolecular Hbond substituents is 1. The average molecular weight is 287 g/mol. The number of thiocarbonyl (C=S) groups is 1. The minimum absolute atomic E-state index is 0.134. The molecule has 0 fully saturated rings. The number of hydrogen-bond acceptors (Lipinski definition) is 3. The summed E-state index contributed by atoms with van der Waals surface area (Å²) in [4.78, 5) is 12.3. The van der Waals surface area contributed by atoms with Gasteiger partial charge in [-0.15, -0.1) is 0 Å². The van der Waals surface area contributed by atoms with Crippen LogP contribution in [-0.2, 0) is 0 Å². The molecule has 1 aromatic rings. The van der Waals surface area contributed by atoms with Crippen molar-refractivity contribution in [3.8, 4) is 5.75 Å². The predicted octanol–water partition coefficient (Wildman–Crippen LogP) is 2.23. The second kappa shape index (κ2) is 6.56. The zero-order chi connectivity index (χ0) is 13.7. The number of aromatic hydroxyl groups is 1. The van der Waals surface area contributed by atoms with Gasteiger partial charge in [0.05, 0.1) is 10.6 Å². The van der Waals surface area contributed by atoms with Crippen LogP contribution in [0.1, 0.15) is 30.1 Å². The summed E-state index contributed by atoms with van der Waals surface area (Å²) in [6.07, 6.45) is 1.14. The Morgan fingerprint density at radius 3 is 2.78 bits per heavy atom. The van der Waals surface area contributed by atoms with Crippen molar-refractivity contribution in [3.63, 3.8) is 0 Å². The van der Waals surface area contributed by atoms with Gasteiger partial charge in [-0.05, 0) is 24.6 Å². The van der Waals surface area contributed by atoms with Crippen molar-refractivity contribution < 1.29 is 9.90 Å². The Morgan fingerprint density at radius 2 is 2.28 bits per heavy atom. The number of phenols is 1. The van der Waals surface area contributed by atoms with Gasteiger partial charge in [0.2, 0.25) is 0 Å². The van der Waals surface area contributed by atoms with Crippen LogP contribution in [-0.4, -0.2) is 22.0 Å². The number of nitrogens with two attached hydrogens (primary N) is 1. The Kier molecular flexibility index (Phi) is 5.37. The van der Waals surface area contributed by atoms with Crippen LogP contribution in [0, 0.1) is 0 Å². The molecule has 4 N–H and O–H groups in total. The van der Waals surface area contributed by atoms with E-state index in [9.17, 15) is 9.90 Å². The standard InChI is InChI=1S/C12H15ClN2O2S/c1-2-8(6-11(14)18)15-12(17)9-4-3-7(13)5-10(9)16/h3-5,8,16H,2,6H2,1H3,(H2,14,18)(H,15,17). The molecule has 0 aliphatic carbocycles. The van der Waals surface area contributed by atoms with Crippen LogP contribution in [0.4, 0.5) is 0 Å². The Morgan fingerprint density at radius 1 is 1.61 bits per heavy atom. The largest absolute Gasteiger partial charge is 0.507 e. The molecule has 0 aliphatic rings. The highest BCUT2D eigenvalue weighted by atomic mass is 35.5. The fourth-order valence-corrected chi connectivity index (χ4v) is 1.87. The van der Waals surface area contributed by atoms with E-state index < -0.39 is 0 Å². The van der Waals surface area contributed by atoms with Gasteiger partial charge >= 0.3 is 0 Å². The summed E-state index contributed by atoms with van der Waals surface area (Å²) in [5, 5.41) is 12.8. The van der Waals surface area contributed by atoms with E-state index in [-0.39, 0.29) is 23.3 Å². The van der Waals surface area contributed by atoms with Crippen LogP contribution in [0.25, 0.3) is 0 Å². The molecule has 6 heteroatoms. The zero-order valence-electron chi connectivity index (χ0n) is 9.94. The van der Waals surface area contributed by atoms with Gasteiger partial charge in [0.1, 0.15) is 5.75 Å². The van der Waals surface area contributed by atoms with Gasteiger partial charge in [0.25, 0.3) is 5.91 Å². The first-order valence-electron chi connectivity index (χ1n) is 5.51. The summed E-state index contributed by atoms with van der Waals surface area (Å²) in [5.41, 5.74) is 5.63. The number of hydrogen-bond donors (Lipinski definition) is 3. The molecule has 1 atom stereocenters. The van der Waals surface area contributed by atoms with Crippen LogP contribution in [0.15, 0.2) is 18.2 Å². The first kappa shape index (κ1) is 14.7. The maximum atomic E-state index is 11.9. The molecule has 1 amide bonds. The fraction of sp³-hybridized carbons (Fsp3) is 0.333. The van der Waals surface area contributed by atoms with Crippen molar-refractivity contribution in [3.05, 3.63) is 28.8 Å². The SMILES string of the molecule is CCC(CC(N)=S)NC(=O)c1ccc(Cl)cc1O. The van der Waals surface area contributed by atoms with Crippen LogP contribution in [0.3, 0.4) is 0 Å². The number of halogens is 1. The van der Waals surface area contributed by atoms with Gasteiger partial charge in [-0.3, -0.25) is 4.79 Å². The maximum absolute atomic E-state index is 11.9. The number of carbonyl (C=O) groups is 1. The third kappa shape index (κ3) is 4.16. The van der Waals surface area contributed by atoms with Crippen LogP contribution in [0.5, 0.6) is 5.75 Å². The smallest absolute Gasteiger partial charge is 0.255 e. The second-order valence-electron chi connectivity index (χ2n) is 3.91. The monoisotopic (exact) mass is 286 g/mol. The van der Waals surface area contributed by atoms with E-state index in [0.717, 1.165) is 0 Å². The highest BCUT2D eigenvalue weighted by Gasteiger charge is 2.16. The summed E-state index contributed by atoms with van der Waals surface area (Å²) in [6.45, 7) is 1.92. The molecule has 0 aromatic heterocycles. The maximum Gasteiger partial charge on any atom is 0.255 e. The van der Waals surface area contributed by atoms with E-state index in [0.29, 0.717) is 22.9 Å². The lowest BCUT2D eigenvalue weighted by molar-refractivity contribution is 0.0934. The molecule has 1 unspecified atom stereocenters. The van der Waals surface area contributed by atoms with Crippen LogP contribution in [0.2, 0.25) is 5.02 Å². The minimum Gasteiger partial charge on any atom is -0.507 e. The normalized spacial score (nSPS) is 11.9. The average Bonchev–Trinajstić information content (AvgIpc) is 2.27. The molecule has 0 saturated heterocycles. The summed E-state index contributed by atoms with van der Waals surface area (Å²) in [6, 6.07) is 4.21. The number of benzene rings is 1. The topological polar surface area (TPSA) is 75.3 Å². The fourth-order valence-electron chi connectivity index (χ4n) is 1.50. The quantitative estimate of drug-likeness (QED) is 0.726. The lowest BCUT2D eigenvalue weighted by Gasteiger charge is -2.16. The van der Waals surface area contributed by atoms with E-state index in [1.165, 1.54) is 12.1 Å². The van der Waals surface area contributed by atoms with Gasteiger partial charge in [0.15, 0.2) is 0 Å². The molecule has 18 heavy (non-hydrogen) atoms. The van der Waals surface area contributed by atoms with Crippen LogP contribution < -0.4 is 11.1 Å². The van der Waals surface area contributed by atoms with Crippen LogP contribution >= 0.6 is 23.8 Å². The van der Waals surface area contributed by atoms with E-state index in [1.807, 2.05) is 6.92 Å². The molecule has 0 radical (unpaired) electrons. The minimum atomic E-state index is -0.368. The first-order valence-corrected chi connectivity index (χ1v) is 6.30. The van der Waals surface area contributed by atoms with Crippen molar-refractivity contribution in [1.29, 1.82) is 0 Å². The van der Waals surface area contributed by atoms with E-state index in [2.05, 4.69) is 5.32 Å². The third-order valence-electron chi connectivity index (χ3n) is 2.48. The van der Waals surface area contributed by atoms with Crippen molar-refractivity contribution in [2.45, 2.75) is 25.8 Å². The van der Waals surface area contributed by atoms with Crippen molar-refractivity contribution in [2.24, 2.45) is 5.73 Å². The molecular weight excluding hydrogens is 272 g/mol. The molecule has 0 heterocycles. The third-order valence-corrected chi connectivity index (χ3v) is 2.88. The van der Waals surface area contributed by atoms with Gasteiger partial charge in [-0.2, -0.15) is 0 Å². The van der Waals surface area contributed by atoms with E-state index in [4.69, 9.17) is 29.6 Å². The summed E-state index contributed by atoms with van der Waals surface area (Å²) < 4.78 is 0. The molecule has 0 bridgehead atoms. The Hall–Kier alpha value is -1.33. The number of carbonyl (C=O) groups excluding carboxylic acids is 1. The summed E-state index contributed by atoms with van der Waals surface area (Å²) in [7, 11) is 0. The Labute approximate surface area is 116 Å². The highest BCUT2D eigenvalue weighted by molar-refractivity contribution is 7.80. The highest BCUT2D eigenvalue weighted by Crippen LogP contribution is 2.21. The van der Waals surface area contributed by atoms with E-state index >= 15 is 0 Å². The number of amides is 1. The van der Waals surface area contributed by atoms with Gasteiger partial charge in [-0.1, -0.05) is 30.7 Å². The molecule has 0 spiro atoms. The second-order valence-corrected chi connectivity index (χ2v) is 4.87. The summed E-state index contributed by atoms with van der Waals surface area (Å²) >= 11 is 10.5. The lowest BCUT2D eigenvalue weighted by Crippen LogP contribution is -2.37. The lowest BCUT2D eigenvalue weighted by atomic mass is 10.1. The Bertz CT molecular complexity index is 465. The zero-order valence-corrected chi connectivity index (χ0v) is 11.5. The van der Waals surface area contributed by atoms with Crippen molar-refractivity contribution in [2.75, 3.05) is 0 Å². The van der Waals surface area contributed by atoms with Gasteiger partial charge < -0.3 is 16.2 Å². The molecule has 4 nitrogen and oxygen atoms in total. The molecule has 98 valence electrons. The molecule has 0 aliphatic heterocycles. The molecular formula is C12H15ClN2O2S. The van der Waals surface area contributed by atoms with Gasteiger partial charge in [0, 0.05) is 17.5 Å². The number of nitrogens with one attached hydrogen (secondary N) is 1. The van der Waals surface area contributed by atoms with Gasteiger partial charge in [-0.25, -0.2) is 0 Å². The molecule has 1 aromatic carbocycles.